The van der Waals surface area contributed by atoms with Gasteiger partial charge < -0.3 is 14.0 Å². The van der Waals surface area contributed by atoms with Gasteiger partial charge in [0.25, 0.3) is 0 Å². The molecule has 0 aromatic heterocycles. The quantitative estimate of drug-likeness (QED) is 0.262. The van der Waals surface area contributed by atoms with Crippen molar-refractivity contribution in [1.29, 1.82) is 0 Å². The highest BCUT2D eigenvalue weighted by Gasteiger charge is 2.72. The summed E-state index contributed by atoms with van der Waals surface area (Å²) in [5.41, 5.74) is -7.04. The molecule has 0 spiro atoms. The number of rotatable bonds is 6. The molecule has 3 aromatic rings. The zero-order valence-corrected chi connectivity index (χ0v) is 20.1. The summed E-state index contributed by atoms with van der Waals surface area (Å²) in [5, 5.41) is 0. The lowest BCUT2D eigenvalue weighted by Crippen LogP contribution is -2.54. The molecule has 1 atom stereocenters. The van der Waals surface area contributed by atoms with Crippen LogP contribution in [0.2, 0.25) is 0 Å². The highest BCUT2D eigenvalue weighted by atomic mass is 32.2. The van der Waals surface area contributed by atoms with Crippen LogP contribution in [0.5, 0.6) is 17.2 Å². The van der Waals surface area contributed by atoms with Gasteiger partial charge in [0.15, 0.2) is 11.1 Å². The number of benzene rings is 3. The molecule has 0 saturated carbocycles. The van der Waals surface area contributed by atoms with Crippen LogP contribution in [0.25, 0.3) is 0 Å². The fraction of sp³-hybridized carbons (Fsp3) is 0.280. The Morgan fingerprint density at radius 2 is 1.00 bits per heavy atom. The van der Waals surface area contributed by atoms with Gasteiger partial charge in [-0.05, 0) is 80.4 Å². The van der Waals surface area contributed by atoms with E-state index in [1.54, 1.807) is 20.8 Å². The van der Waals surface area contributed by atoms with Crippen molar-refractivity contribution >= 4 is 11.1 Å². The number of hydrogen-bond acceptors (Lipinski definition) is 3. The first kappa shape index (κ1) is 27.5. The van der Waals surface area contributed by atoms with Crippen molar-refractivity contribution in [2.75, 3.05) is 0 Å². The third-order valence-corrected chi connectivity index (χ3v) is 5.79. The molecule has 0 bridgehead atoms. The van der Waals surface area contributed by atoms with Crippen LogP contribution >= 0.6 is 0 Å². The van der Waals surface area contributed by atoms with Crippen LogP contribution in [0, 0.1) is 0 Å². The second kappa shape index (κ2) is 9.78. The Kier molecular flexibility index (Phi) is 7.48. The van der Waals surface area contributed by atoms with Crippen molar-refractivity contribution in [2.45, 2.75) is 49.0 Å². The van der Waals surface area contributed by atoms with E-state index in [0.717, 1.165) is 36.4 Å². The lowest BCUT2D eigenvalue weighted by molar-refractivity contribution is -0.288. The Hall–Kier alpha value is -3.05. The van der Waals surface area contributed by atoms with Gasteiger partial charge in [-0.25, -0.2) is 4.21 Å². The van der Waals surface area contributed by atoms with Gasteiger partial charge in [-0.3, -0.25) is 0 Å². The minimum atomic E-state index is -5.73. The maximum absolute atomic E-state index is 14.3. The standard InChI is InChI=1S/C25H22F6O4S/c1-22(2,3)35-20-10-6-17(7-11-20)23(24(26,27)28,25(29,30)31)16-4-8-18(9-5-16)34-19-12-14-21(15-13-19)36(32)33/h4-15H,1-3H3,(H,32,33). The highest BCUT2D eigenvalue weighted by Crippen LogP contribution is 2.56. The minimum Gasteiger partial charge on any atom is -0.488 e. The van der Waals surface area contributed by atoms with E-state index in [0.29, 0.717) is 12.1 Å². The summed E-state index contributed by atoms with van der Waals surface area (Å²) in [6, 6.07) is 12.4. The second-order valence-electron chi connectivity index (χ2n) is 8.83. The predicted octanol–water partition coefficient (Wildman–Crippen LogP) is 7.65. The normalized spacial score (nSPS) is 13.8. The maximum atomic E-state index is 14.3. The summed E-state index contributed by atoms with van der Waals surface area (Å²) >= 11 is -2.22. The monoisotopic (exact) mass is 532 g/mol. The molecule has 36 heavy (non-hydrogen) atoms. The number of hydrogen-bond donors (Lipinski definition) is 1. The molecule has 3 rings (SSSR count). The SMILES string of the molecule is CC(C)(C)Oc1ccc(C(c2ccc(Oc3ccc(S(=O)O)cc3)cc2)(C(F)(F)F)C(F)(F)F)cc1. The molecule has 194 valence electrons. The summed E-state index contributed by atoms with van der Waals surface area (Å²) in [6.07, 6.45) is -11.5. The van der Waals surface area contributed by atoms with Crippen LogP contribution in [0.15, 0.2) is 77.7 Å². The lowest BCUT2D eigenvalue weighted by Gasteiger charge is -2.38. The lowest BCUT2D eigenvalue weighted by atomic mass is 9.73. The van der Waals surface area contributed by atoms with Gasteiger partial charge >= 0.3 is 12.4 Å². The largest absolute Gasteiger partial charge is 0.488 e. The average Bonchev–Trinajstić information content (AvgIpc) is 2.74. The molecule has 0 amide bonds. The van der Waals surface area contributed by atoms with E-state index >= 15 is 0 Å². The Morgan fingerprint density at radius 3 is 1.33 bits per heavy atom. The Labute approximate surface area is 206 Å². The minimum absolute atomic E-state index is 0.0243. The van der Waals surface area contributed by atoms with Gasteiger partial charge in [0.05, 0.1) is 4.90 Å². The molecule has 0 aliphatic heterocycles. The molecule has 1 unspecified atom stereocenters. The number of alkyl halides is 6. The summed E-state index contributed by atoms with van der Waals surface area (Å²) in [4.78, 5) is 0.0942. The van der Waals surface area contributed by atoms with E-state index in [1.165, 1.54) is 24.3 Å². The summed E-state index contributed by atoms with van der Waals surface area (Å²) in [5.74, 6) is 0.275. The van der Waals surface area contributed by atoms with E-state index in [4.69, 9.17) is 14.0 Å². The molecule has 4 nitrogen and oxygen atoms in total. The van der Waals surface area contributed by atoms with Gasteiger partial charge in [0.2, 0.25) is 5.41 Å². The first-order valence-corrected chi connectivity index (χ1v) is 11.6. The van der Waals surface area contributed by atoms with Crippen LogP contribution in [0.3, 0.4) is 0 Å². The van der Waals surface area contributed by atoms with Crippen LogP contribution in [0.1, 0.15) is 31.9 Å². The Balaban J connectivity index is 2.03. The van der Waals surface area contributed by atoms with Crippen molar-refractivity contribution in [1.82, 2.24) is 0 Å². The van der Waals surface area contributed by atoms with Crippen molar-refractivity contribution in [3.8, 4) is 17.2 Å². The molecular formula is C25H22F6O4S. The molecular weight excluding hydrogens is 510 g/mol. The molecule has 0 aliphatic carbocycles. The molecule has 0 heterocycles. The summed E-state index contributed by atoms with van der Waals surface area (Å²) in [6.45, 7) is 5.09. The second-order valence-corrected chi connectivity index (χ2v) is 9.80. The van der Waals surface area contributed by atoms with E-state index in [9.17, 15) is 30.6 Å². The van der Waals surface area contributed by atoms with Crippen molar-refractivity contribution < 1.29 is 44.6 Å². The maximum Gasteiger partial charge on any atom is 0.411 e. The first-order valence-electron chi connectivity index (χ1n) is 10.5. The van der Waals surface area contributed by atoms with Crippen molar-refractivity contribution in [2.24, 2.45) is 0 Å². The van der Waals surface area contributed by atoms with Gasteiger partial charge in [-0.1, -0.05) is 24.3 Å². The Bertz CT molecular complexity index is 1180. The third-order valence-electron chi connectivity index (χ3n) is 5.11. The topological polar surface area (TPSA) is 55.8 Å². The molecule has 0 aliphatic rings. The zero-order valence-electron chi connectivity index (χ0n) is 19.3. The van der Waals surface area contributed by atoms with Crippen molar-refractivity contribution in [3.63, 3.8) is 0 Å². The van der Waals surface area contributed by atoms with Crippen molar-refractivity contribution in [3.05, 3.63) is 83.9 Å². The molecule has 0 radical (unpaired) electrons. The third kappa shape index (κ3) is 5.67. The highest BCUT2D eigenvalue weighted by molar-refractivity contribution is 7.79. The van der Waals surface area contributed by atoms with Crippen LogP contribution in [-0.4, -0.2) is 26.7 Å². The predicted molar refractivity (Wildman–Crippen MR) is 122 cm³/mol. The summed E-state index contributed by atoms with van der Waals surface area (Å²) < 4.78 is 117. The number of ether oxygens (including phenoxy) is 2. The van der Waals surface area contributed by atoms with E-state index < -0.39 is 45.6 Å². The summed E-state index contributed by atoms with van der Waals surface area (Å²) in [7, 11) is 0. The number of halogens is 6. The van der Waals surface area contributed by atoms with Gasteiger partial charge in [0.1, 0.15) is 22.8 Å². The van der Waals surface area contributed by atoms with E-state index in [2.05, 4.69) is 0 Å². The van der Waals surface area contributed by atoms with Crippen LogP contribution in [-0.2, 0) is 16.5 Å². The molecule has 1 N–H and O–H groups in total. The zero-order chi connectivity index (χ0) is 26.9. The van der Waals surface area contributed by atoms with Gasteiger partial charge in [-0.15, -0.1) is 0 Å². The smallest absolute Gasteiger partial charge is 0.411 e. The van der Waals surface area contributed by atoms with Crippen LogP contribution < -0.4 is 9.47 Å². The Morgan fingerprint density at radius 1 is 0.639 bits per heavy atom. The molecule has 0 fully saturated rings. The fourth-order valence-electron chi connectivity index (χ4n) is 3.64. The average molecular weight is 533 g/mol. The molecule has 11 heteroatoms. The van der Waals surface area contributed by atoms with Gasteiger partial charge in [0, 0.05) is 0 Å². The fourth-order valence-corrected chi connectivity index (χ4v) is 4.01. The first-order chi connectivity index (χ1) is 16.5. The van der Waals surface area contributed by atoms with E-state index in [1.807, 2.05) is 0 Å². The van der Waals surface area contributed by atoms with Crippen LogP contribution in [0.4, 0.5) is 26.3 Å². The molecule has 0 saturated heterocycles. The molecule has 3 aromatic carbocycles. The van der Waals surface area contributed by atoms with E-state index in [-0.39, 0.29) is 22.1 Å². The van der Waals surface area contributed by atoms with Gasteiger partial charge in [-0.2, -0.15) is 26.3 Å².